The van der Waals surface area contributed by atoms with Crippen LogP contribution in [0.3, 0.4) is 0 Å². The average molecular weight is 356 g/mol. The molecular formula is C19H24N4O3. The number of para-hydroxylation sites is 1. The van der Waals surface area contributed by atoms with Crippen LogP contribution in [0.1, 0.15) is 36.6 Å². The Balaban J connectivity index is 1.52. The number of carbonyl (C=O) groups excluding carboxylic acids is 1. The largest absolute Gasteiger partial charge is 0.487 e. The molecule has 1 aromatic heterocycles. The lowest BCUT2D eigenvalue weighted by molar-refractivity contribution is -0.0188. The standard InChI is InChI=1S/C19H24N4O3/c1-13-11-17(22-26-13)21-18(24)20-15-12-19(7-9-23(2)10-8-19)25-16-6-4-3-5-14(15)16/h3-6,11,15H,7-10,12H2,1-2H3,(H2,20,21,22,24)/t15-/m1/s1. The van der Waals surface area contributed by atoms with Gasteiger partial charge in [0.05, 0.1) is 6.04 Å². The Kier molecular flexibility index (Phi) is 4.32. The lowest BCUT2D eigenvalue weighted by Gasteiger charge is -2.46. The summed E-state index contributed by atoms with van der Waals surface area (Å²) in [7, 11) is 2.13. The molecule has 3 heterocycles. The molecule has 1 spiro atoms. The van der Waals surface area contributed by atoms with Gasteiger partial charge in [-0.15, -0.1) is 0 Å². The number of likely N-dealkylation sites (tertiary alicyclic amines) is 1. The number of urea groups is 1. The zero-order valence-electron chi connectivity index (χ0n) is 15.1. The lowest BCUT2D eigenvalue weighted by Crippen LogP contribution is -2.51. The monoisotopic (exact) mass is 356 g/mol. The van der Waals surface area contributed by atoms with Crippen molar-refractivity contribution in [2.75, 3.05) is 25.5 Å². The molecule has 7 nitrogen and oxygen atoms in total. The van der Waals surface area contributed by atoms with E-state index in [1.165, 1.54) is 0 Å². The highest BCUT2D eigenvalue weighted by atomic mass is 16.5. The summed E-state index contributed by atoms with van der Waals surface area (Å²) in [5.41, 5.74) is 0.798. The molecule has 26 heavy (non-hydrogen) atoms. The van der Waals surface area contributed by atoms with Gasteiger partial charge in [-0.05, 0) is 32.9 Å². The highest BCUT2D eigenvalue weighted by molar-refractivity contribution is 5.88. The first-order valence-electron chi connectivity index (χ1n) is 9.00. The second-order valence-electron chi connectivity index (χ2n) is 7.30. The zero-order chi connectivity index (χ0) is 18.1. The van der Waals surface area contributed by atoms with E-state index in [0.717, 1.165) is 43.7 Å². The van der Waals surface area contributed by atoms with Gasteiger partial charge in [0.2, 0.25) is 0 Å². The molecule has 0 bridgehead atoms. The van der Waals surface area contributed by atoms with Gasteiger partial charge >= 0.3 is 6.03 Å². The molecule has 1 aromatic carbocycles. The number of nitrogens with one attached hydrogen (secondary N) is 2. The van der Waals surface area contributed by atoms with Crippen molar-refractivity contribution in [2.24, 2.45) is 0 Å². The van der Waals surface area contributed by atoms with E-state index in [1.807, 2.05) is 24.3 Å². The van der Waals surface area contributed by atoms with Crippen molar-refractivity contribution >= 4 is 11.8 Å². The fourth-order valence-electron chi connectivity index (χ4n) is 3.82. The third kappa shape index (κ3) is 3.39. The summed E-state index contributed by atoms with van der Waals surface area (Å²) >= 11 is 0. The second-order valence-corrected chi connectivity index (χ2v) is 7.30. The fourth-order valence-corrected chi connectivity index (χ4v) is 3.82. The highest BCUT2D eigenvalue weighted by Gasteiger charge is 2.43. The van der Waals surface area contributed by atoms with Crippen LogP contribution in [-0.2, 0) is 0 Å². The molecule has 1 atom stereocenters. The third-order valence-corrected chi connectivity index (χ3v) is 5.27. The summed E-state index contributed by atoms with van der Waals surface area (Å²) in [6.45, 7) is 3.78. The minimum absolute atomic E-state index is 0.101. The van der Waals surface area contributed by atoms with Crippen LogP contribution in [-0.4, -0.2) is 41.8 Å². The van der Waals surface area contributed by atoms with Gasteiger partial charge < -0.3 is 19.5 Å². The number of rotatable bonds is 2. The molecule has 2 amide bonds. The Morgan fingerprint density at radius 1 is 1.31 bits per heavy atom. The highest BCUT2D eigenvalue weighted by Crippen LogP contribution is 2.44. The minimum Gasteiger partial charge on any atom is -0.487 e. The Morgan fingerprint density at radius 3 is 2.81 bits per heavy atom. The minimum atomic E-state index is -0.289. The molecule has 0 aliphatic carbocycles. The molecule has 7 heteroatoms. The van der Waals surface area contributed by atoms with E-state index in [-0.39, 0.29) is 17.7 Å². The van der Waals surface area contributed by atoms with E-state index >= 15 is 0 Å². The van der Waals surface area contributed by atoms with Crippen LogP contribution in [0, 0.1) is 6.92 Å². The van der Waals surface area contributed by atoms with Crippen LogP contribution in [0.2, 0.25) is 0 Å². The normalized spacial score (nSPS) is 21.7. The van der Waals surface area contributed by atoms with E-state index in [0.29, 0.717) is 11.6 Å². The molecule has 2 N–H and O–H groups in total. The van der Waals surface area contributed by atoms with Crippen molar-refractivity contribution in [1.29, 1.82) is 0 Å². The Hall–Kier alpha value is -2.54. The molecule has 0 radical (unpaired) electrons. The molecule has 0 unspecified atom stereocenters. The molecule has 2 aromatic rings. The number of carbonyl (C=O) groups is 1. The molecule has 0 saturated carbocycles. The second kappa shape index (κ2) is 6.64. The van der Waals surface area contributed by atoms with Gasteiger partial charge in [0.15, 0.2) is 5.82 Å². The van der Waals surface area contributed by atoms with E-state index < -0.39 is 0 Å². The lowest BCUT2D eigenvalue weighted by atomic mass is 9.80. The van der Waals surface area contributed by atoms with E-state index in [4.69, 9.17) is 9.26 Å². The number of aromatic nitrogens is 1. The smallest absolute Gasteiger partial charge is 0.320 e. The van der Waals surface area contributed by atoms with Gasteiger partial charge in [-0.2, -0.15) is 0 Å². The number of fused-ring (bicyclic) bond motifs is 1. The van der Waals surface area contributed by atoms with Crippen molar-refractivity contribution < 1.29 is 14.1 Å². The van der Waals surface area contributed by atoms with E-state index in [9.17, 15) is 4.79 Å². The van der Waals surface area contributed by atoms with Crippen LogP contribution in [0.25, 0.3) is 0 Å². The molecular weight excluding hydrogens is 332 g/mol. The number of amides is 2. The molecule has 1 fully saturated rings. The third-order valence-electron chi connectivity index (χ3n) is 5.27. The Bertz CT molecular complexity index is 796. The van der Waals surface area contributed by atoms with Crippen molar-refractivity contribution in [3.05, 3.63) is 41.7 Å². The molecule has 2 aliphatic rings. The van der Waals surface area contributed by atoms with Gasteiger partial charge in [-0.25, -0.2) is 4.79 Å². The van der Waals surface area contributed by atoms with Gasteiger partial charge in [0.25, 0.3) is 0 Å². The summed E-state index contributed by atoms with van der Waals surface area (Å²) in [5, 5.41) is 9.63. The first-order chi connectivity index (χ1) is 12.5. The summed E-state index contributed by atoms with van der Waals surface area (Å²) in [4.78, 5) is 14.8. The van der Waals surface area contributed by atoms with Crippen molar-refractivity contribution in [2.45, 2.75) is 37.8 Å². The van der Waals surface area contributed by atoms with Crippen molar-refractivity contribution in [3.63, 3.8) is 0 Å². The predicted octanol–water partition coefficient (Wildman–Crippen LogP) is 3.09. The molecule has 4 rings (SSSR count). The Morgan fingerprint density at radius 2 is 2.08 bits per heavy atom. The molecule has 2 aliphatic heterocycles. The maximum atomic E-state index is 12.5. The molecule has 1 saturated heterocycles. The zero-order valence-corrected chi connectivity index (χ0v) is 15.1. The maximum absolute atomic E-state index is 12.5. The number of anilines is 1. The summed E-state index contributed by atoms with van der Waals surface area (Å²) in [5.74, 6) is 1.93. The maximum Gasteiger partial charge on any atom is 0.320 e. The van der Waals surface area contributed by atoms with E-state index in [2.05, 4.69) is 27.7 Å². The first kappa shape index (κ1) is 16.9. The van der Waals surface area contributed by atoms with Crippen LogP contribution in [0.5, 0.6) is 5.75 Å². The number of nitrogens with zero attached hydrogens (tertiary/aromatic N) is 2. The first-order valence-corrected chi connectivity index (χ1v) is 9.00. The SMILES string of the molecule is Cc1cc(NC(=O)N[C@@H]2CC3(CCN(C)CC3)Oc3ccccc32)no1. The predicted molar refractivity (Wildman–Crippen MR) is 97.3 cm³/mol. The summed E-state index contributed by atoms with van der Waals surface area (Å²) in [6.07, 6.45) is 2.68. The topological polar surface area (TPSA) is 79.6 Å². The summed E-state index contributed by atoms with van der Waals surface area (Å²) < 4.78 is 11.4. The fraction of sp³-hybridized carbons (Fsp3) is 0.474. The number of hydrogen-bond acceptors (Lipinski definition) is 5. The number of hydrogen-bond donors (Lipinski definition) is 2. The Labute approximate surface area is 152 Å². The number of benzene rings is 1. The molecule has 138 valence electrons. The van der Waals surface area contributed by atoms with Crippen LogP contribution >= 0.6 is 0 Å². The van der Waals surface area contributed by atoms with Crippen LogP contribution in [0.15, 0.2) is 34.9 Å². The number of piperidine rings is 1. The van der Waals surface area contributed by atoms with Crippen molar-refractivity contribution in [3.8, 4) is 5.75 Å². The summed E-state index contributed by atoms with van der Waals surface area (Å²) in [6, 6.07) is 9.25. The number of ether oxygens (including phenoxy) is 1. The van der Waals surface area contributed by atoms with Gasteiger partial charge in [0.1, 0.15) is 17.1 Å². The van der Waals surface area contributed by atoms with E-state index in [1.54, 1.807) is 13.0 Å². The number of aryl methyl sites for hydroxylation is 1. The average Bonchev–Trinajstić information content (AvgIpc) is 3.02. The van der Waals surface area contributed by atoms with Crippen LogP contribution < -0.4 is 15.4 Å². The van der Waals surface area contributed by atoms with Gasteiger partial charge in [-0.1, -0.05) is 23.4 Å². The quantitative estimate of drug-likeness (QED) is 0.864. The van der Waals surface area contributed by atoms with Gasteiger partial charge in [0, 0.05) is 31.1 Å². The van der Waals surface area contributed by atoms with Crippen molar-refractivity contribution in [1.82, 2.24) is 15.4 Å². The van der Waals surface area contributed by atoms with Crippen LogP contribution in [0.4, 0.5) is 10.6 Å². The van der Waals surface area contributed by atoms with Gasteiger partial charge in [-0.3, -0.25) is 5.32 Å².